The number of carbonyl (C=O) groups excluding carboxylic acids is 1. The molecular weight excluding hydrogens is 306 g/mol. The Balaban J connectivity index is 1.39. The van der Waals surface area contributed by atoms with Crippen molar-refractivity contribution in [3.05, 3.63) is 28.7 Å². The smallest absolute Gasteiger partial charge is 0.261 e. The van der Waals surface area contributed by atoms with Crippen LogP contribution in [0.15, 0.2) is 23.8 Å². The zero-order chi connectivity index (χ0) is 14.2. The Morgan fingerprint density at radius 1 is 1.38 bits per heavy atom. The summed E-state index contributed by atoms with van der Waals surface area (Å²) in [6, 6.07) is 4.96. The Bertz CT molecular complexity index is 640. The highest BCUT2D eigenvalue weighted by atomic mass is 32.1. The van der Waals surface area contributed by atoms with E-state index >= 15 is 0 Å². The standard InChI is InChI=1S/C14H15N3O2S2/c18-14(17-10-5-8-1-2-9(10)16-8)11-3-4-12(21-11)19-13-6-15-7-20-13/h3-4,6-10,16H,1-2,5H2,(H,17,18)/t8-,9+,10-/m1/s1. The summed E-state index contributed by atoms with van der Waals surface area (Å²) in [5.41, 5.74) is 1.72. The number of nitrogens with one attached hydrogen (secondary N) is 2. The van der Waals surface area contributed by atoms with E-state index in [1.165, 1.54) is 35.5 Å². The molecule has 4 rings (SSSR count). The average molecular weight is 321 g/mol. The lowest BCUT2D eigenvalue weighted by atomic mass is 9.95. The maximum Gasteiger partial charge on any atom is 0.261 e. The summed E-state index contributed by atoms with van der Waals surface area (Å²) < 4.78 is 5.65. The van der Waals surface area contributed by atoms with Crippen molar-refractivity contribution >= 4 is 28.6 Å². The van der Waals surface area contributed by atoms with Crippen LogP contribution in [0, 0.1) is 0 Å². The van der Waals surface area contributed by atoms with Crippen molar-refractivity contribution in [2.45, 2.75) is 37.4 Å². The second-order valence-electron chi connectivity index (χ2n) is 5.40. The highest BCUT2D eigenvalue weighted by molar-refractivity contribution is 7.16. The van der Waals surface area contributed by atoms with E-state index in [1.807, 2.05) is 12.1 Å². The average Bonchev–Trinajstić information content (AvgIpc) is 3.24. The Morgan fingerprint density at radius 3 is 3.05 bits per heavy atom. The quantitative estimate of drug-likeness (QED) is 0.909. The molecule has 2 N–H and O–H groups in total. The van der Waals surface area contributed by atoms with Crippen LogP contribution in [-0.2, 0) is 0 Å². The van der Waals surface area contributed by atoms with Crippen molar-refractivity contribution in [2.75, 3.05) is 0 Å². The van der Waals surface area contributed by atoms with E-state index in [2.05, 4.69) is 15.6 Å². The van der Waals surface area contributed by atoms with Crippen molar-refractivity contribution in [3.8, 4) is 10.1 Å². The fourth-order valence-corrected chi connectivity index (χ4v) is 4.38. The summed E-state index contributed by atoms with van der Waals surface area (Å²) >= 11 is 2.80. The van der Waals surface area contributed by atoms with E-state index in [9.17, 15) is 4.79 Å². The summed E-state index contributed by atoms with van der Waals surface area (Å²) in [5.74, 6) is -0.00138. The summed E-state index contributed by atoms with van der Waals surface area (Å²) in [7, 11) is 0. The van der Waals surface area contributed by atoms with Crippen molar-refractivity contribution in [1.29, 1.82) is 0 Å². The van der Waals surface area contributed by atoms with Gasteiger partial charge >= 0.3 is 0 Å². The number of ether oxygens (including phenoxy) is 1. The number of nitrogens with zero attached hydrogens (tertiary/aromatic N) is 1. The molecular formula is C14H15N3O2S2. The van der Waals surface area contributed by atoms with Crippen LogP contribution in [0.2, 0.25) is 0 Å². The van der Waals surface area contributed by atoms with E-state index in [-0.39, 0.29) is 11.9 Å². The molecule has 4 heterocycles. The molecule has 0 aliphatic carbocycles. The minimum Gasteiger partial charge on any atom is -0.434 e. The molecule has 2 aromatic heterocycles. The van der Waals surface area contributed by atoms with Gasteiger partial charge < -0.3 is 15.4 Å². The lowest BCUT2D eigenvalue weighted by Crippen LogP contribution is -2.42. The highest BCUT2D eigenvalue weighted by Gasteiger charge is 2.39. The molecule has 21 heavy (non-hydrogen) atoms. The molecule has 2 aliphatic heterocycles. The molecule has 2 saturated heterocycles. The third-order valence-electron chi connectivity index (χ3n) is 4.03. The Hall–Kier alpha value is -1.44. The van der Waals surface area contributed by atoms with Gasteiger partial charge in [0.2, 0.25) is 5.06 Å². The molecule has 0 unspecified atom stereocenters. The van der Waals surface area contributed by atoms with Gasteiger partial charge in [-0.3, -0.25) is 4.79 Å². The maximum atomic E-state index is 12.3. The van der Waals surface area contributed by atoms with Crippen molar-refractivity contribution in [3.63, 3.8) is 0 Å². The molecule has 2 aliphatic rings. The summed E-state index contributed by atoms with van der Waals surface area (Å²) in [5, 5.41) is 8.13. The van der Waals surface area contributed by atoms with Crippen LogP contribution in [0.1, 0.15) is 28.9 Å². The van der Waals surface area contributed by atoms with Crippen LogP contribution in [0.4, 0.5) is 0 Å². The molecule has 110 valence electrons. The van der Waals surface area contributed by atoms with Gasteiger partial charge in [0.15, 0.2) is 5.06 Å². The molecule has 2 fully saturated rings. The van der Waals surface area contributed by atoms with Crippen LogP contribution in [0.5, 0.6) is 10.1 Å². The van der Waals surface area contributed by atoms with Gasteiger partial charge in [-0.05, 0) is 31.4 Å². The second kappa shape index (κ2) is 5.40. The fraction of sp³-hybridized carbons (Fsp3) is 0.429. The molecule has 2 bridgehead atoms. The Kier molecular flexibility index (Phi) is 3.40. The minimum atomic E-state index is -0.00138. The van der Waals surface area contributed by atoms with Gasteiger partial charge in [-0.1, -0.05) is 22.7 Å². The SMILES string of the molecule is O=C(N[C@@H]1C[C@H]2CC[C@@H]1N2)c1ccc(Oc2cncs2)s1. The van der Waals surface area contributed by atoms with Crippen LogP contribution >= 0.6 is 22.7 Å². The predicted molar refractivity (Wildman–Crippen MR) is 82.3 cm³/mol. The Morgan fingerprint density at radius 2 is 2.33 bits per heavy atom. The molecule has 5 nitrogen and oxygen atoms in total. The third kappa shape index (κ3) is 2.68. The number of fused-ring (bicyclic) bond motifs is 2. The number of hydrogen-bond acceptors (Lipinski definition) is 6. The van der Waals surface area contributed by atoms with Crippen molar-refractivity contribution in [1.82, 2.24) is 15.6 Å². The lowest BCUT2D eigenvalue weighted by molar-refractivity contribution is 0.0935. The van der Waals surface area contributed by atoms with Crippen molar-refractivity contribution in [2.24, 2.45) is 0 Å². The molecule has 1 amide bonds. The number of amides is 1. The normalized spacial score (nSPS) is 27.0. The molecule has 7 heteroatoms. The van der Waals surface area contributed by atoms with Gasteiger partial charge in [-0.25, -0.2) is 4.98 Å². The number of aromatic nitrogens is 1. The lowest BCUT2D eigenvalue weighted by Gasteiger charge is -2.20. The van der Waals surface area contributed by atoms with Gasteiger partial charge in [0.05, 0.1) is 16.6 Å². The molecule has 0 saturated carbocycles. The fourth-order valence-electron chi connectivity index (χ4n) is 3.07. The summed E-state index contributed by atoms with van der Waals surface area (Å²) in [6.07, 6.45) is 5.12. The second-order valence-corrected chi connectivity index (χ2v) is 7.30. The number of carbonyl (C=O) groups is 1. The van der Waals surface area contributed by atoms with Gasteiger partial charge in [-0.15, -0.1) is 0 Å². The van der Waals surface area contributed by atoms with E-state index in [4.69, 9.17) is 4.74 Å². The number of thiophene rings is 1. The first-order valence-electron chi connectivity index (χ1n) is 7.01. The van der Waals surface area contributed by atoms with Gasteiger partial charge in [-0.2, -0.15) is 0 Å². The summed E-state index contributed by atoms with van der Waals surface area (Å²) in [6.45, 7) is 0. The Labute approximate surface area is 130 Å². The molecule has 3 atom stereocenters. The van der Waals surface area contributed by atoms with Gasteiger partial charge in [0.1, 0.15) is 0 Å². The monoisotopic (exact) mass is 321 g/mol. The highest BCUT2D eigenvalue weighted by Crippen LogP contribution is 2.32. The van der Waals surface area contributed by atoms with E-state index in [1.54, 1.807) is 11.7 Å². The largest absolute Gasteiger partial charge is 0.434 e. The molecule has 0 radical (unpaired) electrons. The number of thiazole rings is 1. The minimum absolute atomic E-state index is 0.00138. The maximum absolute atomic E-state index is 12.3. The first-order chi connectivity index (χ1) is 10.3. The zero-order valence-electron chi connectivity index (χ0n) is 11.2. The first-order valence-corrected chi connectivity index (χ1v) is 8.70. The third-order valence-corrected chi connectivity index (χ3v) is 5.64. The zero-order valence-corrected chi connectivity index (χ0v) is 12.9. The van der Waals surface area contributed by atoms with Crippen LogP contribution in [-0.4, -0.2) is 29.0 Å². The molecule has 0 spiro atoms. The first kappa shape index (κ1) is 13.2. The molecule has 2 aromatic rings. The predicted octanol–water partition coefficient (Wildman–Crippen LogP) is 2.62. The van der Waals surface area contributed by atoms with Crippen LogP contribution < -0.4 is 15.4 Å². The number of hydrogen-bond donors (Lipinski definition) is 2. The summed E-state index contributed by atoms with van der Waals surface area (Å²) in [4.78, 5) is 17.0. The van der Waals surface area contributed by atoms with Gasteiger partial charge in [0, 0.05) is 18.1 Å². The molecule has 0 aromatic carbocycles. The topological polar surface area (TPSA) is 63.2 Å². The van der Waals surface area contributed by atoms with E-state index in [0.717, 1.165) is 16.5 Å². The van der Waals surface area contributed by atoms with Gasteiger partial charge in [0.25, 0.3) is 5.91 Å². The van der Waals surface area contributed by atoms with Crippen LogP contribution in [0.25, 0.3) is 0 Å². The van der Waals surface area contributed by atoms with Crippen LogP contribution in [0.3, 0.4) is 0 Å². The number of rotatable bonds is 4. The van der Waals surface area contributed by atoms with Crippen molar-refractivity contribution < 1.29 is 9.53 Å². The van der Waals surface area contributed by atoms with E-state index < -0.39 is 0 Å². The van der Waals surface area contributed by atoms with E-state index in [0.29, 0.717) is 17.0 Å².